The third-order valence-corrected chi connectivity index (χ3v) is 8.54. The normalized spacial score (nSPS) is 32.0. The quantitative estimate of drug-likeness (QED) is 0.804. The largest absolute Gasteiger partial charge is 0.369 e. The number of carbonyl (C=O) groups is 1. The van der Waals surface area contributed by atoms with Gasteiger partial charge >= 0.3 is 0 Å². The predicted molar refractivity (Wildman–Crippen MR) is 123 cm³/mol. The molecule has 1 atom stereocenters. The third-order valence-electron chi connectivity index (χ3n) is 8.54. The molecule has 2 spiro atoms. The average Bonchev–Trinajstić information content (AvgIpc) is 3.57. The summed E-state index contributed by atoms with van der Waals surface area (Å²) in [5.74, 6) is 1.79. The van der Waals surface area contributed by atoms with Gasteiger partial charge in [-0.1, -0.05) is 48.5 Å². The van der Waals surface area contributed by atoms with Crippen LogP contribution in [0, 0.1) is 11.3 Å². The fourth-order valence-electron chi connectivity index (χ4n) is 6.62. The maximum Gasteiger partial charge on any atom is 0.262 e. The maximum absolute atomic E-state index is 13.8. The Morgan fingerprint density at radius 2 is 1.81 bits per heavy atom. The molecule has 2 aromatic carbocycles. The minimum atomic E-state index is -0.816. The van der Waals surface area contributed by atoms with Gasteiger partial charge in [0, 0.05) is 12.5 Å². The lowest BCUT2D eigenvalue weighted by atomic mass is 9.59. The maximum atomic E-state index is 13.8. The topological polar surface area (TPSA) is 58.7 Å². The van der Waals surface area contributed by atoms with Crippen molar-refractivity contribution in [1.29, 1.82) is 0 Å². The van der Waals surface area contributed by atoms with Crippen LogP contribution in [0.1, 0.15) is 66.7 Å². The van der Waals surface area contributed by atoms with Crippen molar-refractivity contribution in [2.45, 2.75) is 62.8 Å². The van der Waals surface area contributed by atoms with Gasteiger partial charge in [-0.3, -0.25) is 9.69 Å². The van der Waals surface area contributed by atoms with Crippen LogP contribution in [-0.4, -0.2) is 23.8 Å². The number of benzene rings is 2. The van der Waals surface area contributed by atoms with E-state index in [0.29, 0.717) is 17.8 Å². The molecule has 2 saturated carbocycles. The molecular weight excluding hydrogens is 382 g/mol. The smallest absolute Gasteiger partial charge is 0.262 e. The molecule has 2 aromatic rings. The summed E-state index contributed by atoms with van der Waals surface area (Å²) < 4.78 is 0. The molecule has 4 aliphatic rings. The van der Waals surface area contributed by atoms with Crippen LogP contribution in [0.25, 0.3) is 0 Å². The van der Waals surface area contributed by atoms with Gasteiger partial charge in [0.15, 0.2) is 11.5 Å². The minimum Gasteiger partial charge on any atom is -0.369 e. The first kappa shape index (κ1) is 19.1. The molecule has 0 aromatic heterocycles. The molecule has 2 fully saturated rings. The average molecular weight is 414 g/mol. The van der Waals surface area contributed by atoms with Crippen molar-refractivity contribution in [2.24, 2.45) is 22.1 Å². The van der Waals surface area contributed by atoms with Crippen molar-refractivity contribution in [1.82, 2.24) is 4.90 Å². The van der Waals surface area contributed by atoms with E-state index >= 15 is 0 Å². The Bertz CT molecular complexity index is 1060. The number of likely N-dealkylation sites (N-methyl/N-ethyl adjacent to an activating group) is 1. The summed E-state index contributed by atoms with van der Waals surface area (Å²) >= 11 is 0. The van der Waals surface area contributed by atoms with E-state index in [1.807, 2.05) is 0 Å². The van der Waals surface area contributed by atoms with E-state index in [1.165, 1.54) is 29.5 Å². The Balaban J connectivity index is 1.36. The molecule has 1 unspecified atom stereocenters. The summed E-state index contributed by atoms with van der Waals surface area (Å²) in [5.41, 5.74) is 10.6. The second kappa shape index (κ2) is 6.69. The number of hydrogen-bond acceptors (Lipinski definition) is 3. The molecule has 3 aliphatic carbocycles. The second-order valence-corrected chi connectivity index (χ2v) is 10.3. The highest BCUT2D eigenvalue weighted by atomic mass is 16.2. The highest BCUT2D eigenvalue weighted by Crippen LogP contribution is 2.62. The van der Waals surface area contributed by atoms with Crippen LogP contribution in [0.2, 0.25) is 0 Å². The van der Waals surface area contributed by atoms with Crippen molar-refractivity contribution < 1.29 is 4.79 Å². The molecule has 1 aliphatic heterocycles. The summed E-state index contributed by atoms with van der Waals surface area (Å²) in [6.07, 6.45) is 8.96. The zero-order valence-corrected chi connectivity index (χ0v) is 18.3. The van der Waals surface area contributed by atoms with Crippen molar-refractivity contribution in [2.75, 3.05) is 7.05 Å². The number of nitrogens with two attached hydrogens (primary N) is 1. The van der Waals surface area contributed by atoms with Crippen molar-refractivity contribution in [3.05, 3.63) is 70.8 Å². The zero-order chi connectivity index (χ0) is 21.2. The van der Waals surface area contributed by atoms with Crippen LogP contribution in [-0.2, 0) is 23.2 Å². The van der Waals surface area contributed by atoms with E-state index in [-0.39, 0.29) is 11.3 Å². The Kier molecular flexibility index (Phi) is 4.12. The highest BCUT2D eigenvalue weighted by Gasteiger charge is 2.66. The van der Waals surface area contributed by atoms with Crippen LogP contribution >= 0.6 is 0 Å². The van der Waals surface area contributed by atoms with E-state index in [4.69, 9.17) is 10.7 Å². The fraction of sp³-hybridized carbons (Fsp3) is 0.481. The fourth-order valence-corrected chi connectivity index (χ4v) is 6.62. The van der Waals surface area contributed by atoms with Crippen molar-refractivity contribution >= 4 is 11.9 Å². The minimum absolute atomic E-state index is 0.0817. The number of carbonyl (C=O) groups excluding carboxylic acids is 1. The van der Waals surface area contributed by atoms with E-state index < -0.39 is 5.54 Å². The first-order valence-corrected chi connectivity index (χ1v) is 11.8. The van der Waals surface area contributed by atoms with Gasteiger partial charge < -0.3 is 5.73 Å². The molecule has 0 saturated heterocycles. The predicted octanol–water partition coefficient (Wildman–Crippen LogP) is 4.52. The lowest BCUT2D eigenvalue weighted by molar-refractivity contribution is -0.136. The summed E-state index contributed by atoms with van der Waals surface area (Å²) in [4.78, 5) is 20.4. The SMILES string of the molecule is CN1C(=O)C2(N=C1N)c1cc(C3CC3)ccc1CC21CCC(Cc2ccccc2)CC1. The Labute approximate surface area is 184 Å². The molecule has 2 N–H and O–H groups in total. The number of fused-ring (bicyclic) bond motifs is 3. The van der Waals surface area contributed by atoms with E-state index in [1.54, 1.807) is 11.9 Å². The summed E-state index contributed by atoms with van der Waals surface area (Å²) in [7, 11) is 1.79. The van der Waals surface area contributed by atoms with Gasteiger partial charge in [-0.25, -0.2) is 4.99 Å². The molecule has 0 bridgehead atoms. The molecule has 31 heavy (non-hydrogen) atoms. The first-order valence-electron chi connectivity index (χ1n) is 11.8. The standard InChI is InChI=1S/C27H31N3O/c1-30-24(31)27(29-25(30)28)23-16-21(20-7-8-20)9-10-22(23)17-26(27)13-11-19(12-14-26)15-18-5-3-2-4-6-18/h2-6,9-10,16,19-20H,7-8,11-15,17H2,1H3,(H2,28,29). The number of amides is 1. The van der Waals surface area contributed by atoms with E-state index in [2.05, 4.69) is 48.5 Å². The summed E-state index contributed by atoms with van der Waals surface area (Å²) in [5, 5.41) is 0. The first-order chi connectivity index (χ1) is 15.0. The van der Waals surface area contributed by atoms with Gasteiger partial charge in [-0.05, 0) is 85.5 Å². The molecule has 6 rings (SSSR count). The van der Waals surface area contributed by atoms with E-state index in [9.17, 15) is 4.79 Å². The van der Waals surface area contributed by atoms with Crippen LogP contribution in [0.4, 0.5) is 0 Å². The van der Waals surface area contributed by atoms with Gasteiger partial charge in [0.1, 0.15) is 0 Å². The van der Waals surface area contributed by atoms with E-state index in [0.717, 1.165) is 44.1 Å². The Morgan fingerprint density at radius 1 is 1.06 bits per heavy atom. The monoisotopic (exact) mass is 413 g/mol. The second-order valence-electron chi connectivity index (χ2n) is 10.3. The summed E-state index contributed by atoms with van der Waals surface area (Å²) in [6, 6.07) is 17.7. The molecule has 1 amide bonds. The highest BCUT2D eigenvalue weighted by molar-refractivity contribution is 6.08. The Morgan fingerprint density at radius 3 is 2.45 bits per heavy atom. The molecule has 160 valence electrons. The van der Waals surface area contributed by atoms with Gasteiger partial charge in [0.05, 0.1) is 0 Å². The van der Waals surface area contributed by atoms with Gasteiger partial charge in [0.25, 0.3) is 5.91 Å². The number of nitrogens with zero attached hydrogens (tertiary/aromatic N) is 2. The van der Waals surface area contributed by atoms with Crippen molar-refractivity contribution in [3.8, 4) is 0 Å². The Hall–Kier alpha value is -2.62. The lowest BCUT2D eigenvalue weighted by Crippen LogP contribution is -2.51. The number of rotatable bonds is 3. The van der Waals surface area contributed by atoms with Crippen LogP contribution in [0.5, 0.6) is 0 Å². The van der Waals surface area contributed by atoms with Gasteiger partial charge in [-0.2, -0.15) is 0 Å². The number of guanidine groups is 1. The molecule has 1 heterocycles. The summed E-state index contributed by atoms with van der Waals surface area (Å²) in [6.45, 7) is 0. The van der Waals surface area contributed by atoms with Gasteiger partial charge in [-0.15, -0.1) is 0 Å². The van der Waals surface area contributed by atoms with Crippen LogP contribution < -0.4 is 5.73 Å². The van der Waals surface area contributed by atoms with Crippen LogP contribution in [0.3, 0.4) is 0 Å². The zero-order valence-electron chi connectivity index (χ0n) is 18.3. The third kappa shape index (κ3) is 2.73. The molecule has 0 radical (unpaired) electrons. The number of aliphatic imine (C=N–C) groups is 1. The molecule has 4 heteroatoms. The molecule has 4 nitrogen and oxygen atoms in total. The molecular formula is C27H31N3O. The van der Waals surface area contributed by atoms with Gasteiger partial charge in [0.2, 0.25) is 0 Å². The van der Waals surface area contributed by atoms with Crippen molar-refractivity contribution in [3.63, 3.8) is 0 Å². The van der Waals surface area contributed by atoms with Crippen LogP contribution in [0.15, 0.2) is 53.5 Å². The lowest BCUT2D eigenvalue weighted by Gasteiger charge is -2.45. The number of hydrogen-bond donors (Lipinski definition) is 1.